The van der Waals surface area contributed by atoms with E-state index in [9.17, 15) is 4.79 Å². The van der Waals surface area contributed by atoms with E-state index in [1.165, 1.54) is 12.3 Å². The molecule has 1 aromatic carbocycles. The maximum Gasteiger partial charge on any atom is 0.257 e. The predicted octanol–water partition coefficient (Wildman–Crippen LogP) is 3.19. The molecule has 0 aliphatic heterocycles. The fourth-order valence-corrected chi connectivity index (χ4v) is 1.88. The molecule has 0 unspecified atom stereocenters. The molecule has 0 saturated heterocycles. The Morgan fingerprint density at radius 3 is 2.79 bits per heavy atom. The number of carbonyl (C=O) groups excluding carboxylic acids is 1. The average molecular weight is 276 g/mol. The molecule has 3 N–H and O–H groups in total. The van der Waals surface area contributed by atoms with Crippen LogP contribution in [-0.2, 0) is 0 Å². The first-order valence-corrected chi connectivity index (χ1v) is 6.15. The molecule has 5 heteroatoms. The number of hydrogen-bond acceptors (Lipinski definition) is 3. The number of nitrogens with zero attached hydrogens (tertiary/aromatic N) is 1. The summed E-state index contributed by atoms with van der Waals surface area (Å²) in [6.07, 6.45) is 1.37. The van der Waals surface area contributed by atoms with E-state index in [0.717, 1.165) is 16.8 Å². The first-order chi connectivity index (χ1) is 8.97. The van der Waals surface area contributed by atoms with Crippen LogP contribution in [0.5, 0.6) is 0 Å². The summed E-state index contributed by atoms with van der Waals surface area (Å²) in [7, 11) is 0. The zero-order valence-corrected chi connectivity index (χ0v) is 11.5. The highest BCUT2D eigenvalue weighted by Gasteiger charge is 2.12. The standard InChI is InChI=1S/C14H14ClN3O/c1-8-3-4-9(2)12(5-8)18-14(19)10-6-13(16)17-7-11(10)15/h3-7H,1-2H3,(H2,16,17)(H,18,19). The zero-order chi connectivity index (χ0) is 14.0. The first-order valence-electron chi connectivity index (χ1n) is 5.77. The number of hydrogen-bond donors (Lipinski definition) is 2. The van der Waals surface area contributed by atoms with Crippen molar-refractivity contribution in [3.8, 4) is 0 Å². The van der Waals surface area contributed by atoms with Crippen LogP contribution in [0.3, 0.4) is 0 Å². The molecular formula is C14H14ClN3O. The van der Waals surface area contributed by atoms with Gasteiger partial charge in [0.05, 0.1) is 10.6 Å². The van der Waals surface area contributed by atoms with Crippen LogP contribution in [0, 0.1) is 13.8 Å². The topological polar surface area (TPSA) is 68.0 Å². The summed E-state index contributed by atoms with van der Waals surface area (Å²) in [5, 5.41) is 3.10. The number of aromatic nitrogens is 1. The van der Waals surface area contributed by atoms with Gasteiger partial charge in [0.2, 0.25) is 0 Å². The maximum atomic E-state index is 12.2. The molecule has 19 heavy (non-hydrogen) atoms. The first kappa shape index (κ1) is 13.4. The maximum absolute atomic E-state index is 12.2. The summed E-state index contributed by atoms with van der Waals surface area (Å²) in [4.78, 5) is 16.0. The van der Waals surface area contributed by atoms with Gasteiger partial charge in [-0.15, -0.1) is 0 Å². The second-order valence-corrected chi connectivity index (χ2v) is 4.77. The number of anilines is 2. The van der Waals surface area contributed by atoms with E-state index >= 15 is 0 Å². The molecule has 0 fully saturated rings. The number of rotatable bonds is 2. The van der Waals surface area contributed by atoms with Gasteiger partial charge in [-0.05, 0) is 37.1 Å². The van der Waals surface area contributed by atoms with Crippen LogP contribution >= 0.6 is 11.6 Å². The van der Waals surface area contributed by atoms with Crippen molar-refractivity contribution in [1.29, 1.82) is 0 Å². The molecule has 1 amide bonds. The lowest BCUT2D eigenvalue weighted by atomic mass is 10.1. The number of nitrogens with two attached hydrogens (primary N) is 1. The number of aryl methyl sites for hydroxylation is 2. The largest absolute Gasteiger partial charge is 0.384 e. The number of carbonyl (C=O) groups is 1. The second-order valence-electron chi connectivity index (χ2n) is 4.36. The third-order valence-corrected chi connectivity index (χ3v) is 3.06. The third kappa shape index (κ3) is 3.03. The van der Waals surface area contributed by atoms with Crippen LogP contribution in [-0.4, -0.2) is 10.9 Å². The molecule has 1 heterocycles. The van der Waals surface area contributed by atoms with Crippen LogP contribution in [0.15, 0.2) is 30.5 Å². The molecule has 98 valence electrons. The van der Waals surface area contributed by atoms with E-state index in [4.69, 9.17) is 17.3 Å². The monoisotopic (exact) mass is 275 g/mol. The normalized spacial score (nSPS) is 10.3. The summed E-state index contributed by atoms with van der Waals surface area (Å²) in [5.74, 6) is -0.0386. The van der Waals surface area contributed by atoms with Gasteiger partial charge in [0.15, 0.2) is 0 Å². The van der Waals surface area contributed by atoms with Crippen molar-refractivity contribution in [2.75, 3.05) is 11.1 Å². The SMILES string of the molecule is Cc1ccc(C)c(NC(=O)c2cc(N)ncc2Cl)c1. The number of benzene rings is 1. The number of nitrogen functional groups attached to an aromatic ring is 1. The van der Waals surface area contributed by atoms with Crippen molar-refractivity contribution in [3.05, 3.63) is 52.2 Å². The molecule has 0 atom stereocenters. The summed E-state index contributed by atoms with van der Waals surface area (Å²) < 4.78 is 0. The van der Waals surface area contributed by atoms with Gasteiger partial charge in [0.1, 0.15) is 5.82 Å². The number of nitrogens with one attached hydrogen (secondary N) is 1. The molecule has 2 aromatic rings. The highest BCUT2D eigenvalue weighted by molar-refractivity contribution is 6.34. The van der Waals surface area contributed by atoms with Gasteiger partial charge in [0.25, 0.3) is 5.91 Å². The zero-order valence-electron chi connectivity index (χ0n) is 10.7. The van der Waals surface area contributed by atoms with Gasteiger partial charge in [0, 0.05) is 11.9 Å². The molecule has 1 aromatic heterocycles. The van der Waals surface area contributed by atoms with E-state index in [-0.39, 0.29) is 16.7 Å². The lowest BCUT2D eigenvalue weighted by molar-refractivity contribution is 0.102. The molecular weight excluding hydrogens is 262 g/mol. The van der Waals surface area contributed by atoms with Crippen molar-refractivity contribution < 1.29 is 4.79 Å². The van der Waals surface area contributed by atoms with Crippen LogP contribution in [0.1, 0.15) is 21.5 Å². The van der Waals surface area contributed by atoms with E-state index in [1.54, 1.807) is 0 Å². The number of pyridine rings is 1. The highest BCUT2D eigenvalue weighted by atomic mass is 35.5. The average Bonchev–Trinajstić information content (AvgIpc) is 2.36. The fraction of sp³-hybridized carbons (Fsp3) is 0.143. The number of amides is 1. The summed E-state index contributed by atoms with van der Waals surface area (Å²) in [6.45, 7) is 3.89. The van der Waals surface area contributed by atoms with Crippen LogP contribution in [0.25, 0.3) is 0 Å². The molecule has 2 rings (SSSR count). The van der Waals surface area contributed by atoms with Crippen molar-refractivity contribution in [3.63, 3.8) is 0 Å². The second kappa shape index (κ2) is 5.28. The van der Waals surface area contributed by atoms with E-state index in [2.05, 4.69) is 10.3 Å². The minimum absolute atomic E-state index is 0.260. The molecule has 4 nitrogen and oxygen atoms in total. The van der Waals surface area contributed by atoms with Crippen LogP contribution in [0.2, 0.25) is 5.02 Å². The lowest BCUT2D eigenvalue weighted by Gasteiger charge is -2.10. The van der Waals surface area contributed by atoms with Crippen molar-refractivity contribution in [2.45, 2.75) is 13.8 Å². The Kier molecular flexibility index (Phi) is 3.71. The Balaban J connectivity index is 2.30. The smallest absolute Gasteiger partial charge is 0.257 e. The minimum atomic E-state index is -0.298. The van der Waals surface area contributed by atoms with Gasteiger partial charge in [-0.25, -0.2) is 4.98 Å². The van der Waals surface area contributed by atoms with Gasteiger partial charge >= 0.3 is 0 Å². The molecule has 0 radical (unpaired) electrons. The Hall–Kier alpha value is -2.07. The molecule has 0 spiro atoms. The van der Waals surface area contributed by atoms with Crippen LogP contribution < -0.4 is 11.1 Å². The molecule has 0 bridgehead atoms. The van der Waals surface area contributed by atoms with Crippen molar-refractivity contribution in [2.24, 2.45) is 0 Å². The molecule has 0 aliphatic rings. The summed E-state index contributed by atoms with van der Waals surface area (Å²) in [5.41, 5.74) is 8.69. The quantitative estimate of drug-likeness (QED) is 0.884. The Labute approximate surface area is 116 Å². The Morgan fingerprint density at radius 1 is 1.32 bits per heavy atom. The van der Waals surface area contributed by atoms with Crippen molar-refractivity contribution in [1.82, 2.24) is 4.98 Å². The predicted molar refractivity (Wildman–Crippen MR) is 77.5 cm³/mol. The molecule has 0 aliphatic carbocycles. The Morgan fingerprint density at radius 2 is 2.05 bits per heavy atom. The van der Waals surface area contributed by atoms with E-state index in [0.29, 0.717) is 5.56 Å². The number of halogens is 1. The summed E-state index contributed by atoms with van der Waals surface area (Å²) >= 11 is 5.95. The minimum Gasteiger partial charge on any atom is -0.384 e. The van der Waals surface area contributed by atoms with Crippen LogP contribution in [0.4, 0.5) is 11.5 Å². The third-order valence-electron chi connectivity index (χ3n) is 2.76. The van der Waals surface area contributed by atoms with Gasteiger partial charge in [-0.2, -0.15) is 0 Å². The van der Waals surface area contributed by atoms with Crippen molar-refractivity contribution >= 4 is 29.0 Å². The molecule has 0 saturated carbocycles. The summed E-state index contributed by atoms with van der Waals surface area (Å²) in [6, 6.07) is 7.31. The van der Waals surface area contributed by atoms with Gasteiger partial charge < -0.3 is 11.1 Å². The van der Waals surface area contributed by atoms with E-state index in [1.807, 2.05) is 32.0 Å². The van der Waals surface area contributed by atoms with E-state index < -0.39 is 0 Å². The van der Waals surface area contributed by atoms with Gasteiger partial charge in [-0.1, -0.05) is 23.7 Å². The van der Waals surface area contributed by atoms with Gasteiger partial charge in [-0.3, -0.25) is 4.79 Å². The Bertz CT molecular complexity index is 641. The fourth-order valence-electron chi connectivity index (χ4n) is 1.69. The lowest BCUT2D eigenvalue weighted by Crippen LogP contribution is -2.14. The highest BCUT2D eigenvalue weighted by Crippen LogP contribution is 2.21.